The third kappa shape index (κ3) is 7.39. The summed E-state index contributed by atoms with van der Waals surface area (Å²) in [6.07, 6.45) is 12.2. The van der Waals surface area contributed by atoms with Crippen LogP contribution in [-0.4, -0.2) is 111 Å². The summed E-state index contributed by atoms with van der Waals surface area (Å²) in [7, 11) is 0. The molecule has 4 aromatic rings. The van der Waals surface area contributed by atoms with Crippen LogP contribution in [0.15, 0.2) is 48.8 Å². The van der Waals surface area contributed by atoms with E-state index >= 15 is 0 Å². The number of aromatic amines is 1. The molecule has 0 spiro atoms. The Kier molecular flexibility index (Phi) is 9.75. The molecule has 2 aromatic carbocycles. The summed E-state index contributed by atoms with van der Waals surface area (Å²) >= 11 is 0. The first-order chi connectivity index (χ1) is 28.7. The van der Waals surface area contributed by atoms with Crippen LogP contribution in [0, 0.1) is 17.8 Å². The highest BCUT2D eigenvalue weighted by Gasteiger charge is 2.44. The first-order valence-corrected chi connectivity index (χ1v) is 21.8. The predicted octanol–water partition coefficient (Wildman–Crippen LogP) is 5.59. The molecule has 10 rings (SSSR count). The van der Waals surface area contributed by atoms with Crippen molar-refractivity contribution in [2.75, 3.05) is 55.6 Å². The van der Waals surface area contributed by atoms with E-state index in [1.54, 1.807) is 18.5 Å². The molecule has 5 aliphatic heterocycles. The third-order valence-electron chi connectivity index (χ3n) is 14.0. The van der Waals surface area contributed by atoms with Gasteiger partial charge in [0.15, 0.2) is 0 Å². The number of anilines is 2. The summed E-state index contributed by atoms with van der Waals surface area (Å²) in [4.78, 5) is 69.8. The Morgan fingerprint density at radius 2 is 1.54 bits per heavy atom. The number of amides is 4. The van der Waals surface area contributed by atoms with Gasteiger partial charge in [-0.1, -0.05) is 0 Å². The smallest absolute Gasteiger partial charge is 0.262 e. The number of fused-ring (bicyclic) bond motifs is 2. The van der Waals surface area contributed by atoms with Crippen molar-refractivity contribution < 1.29 is 23.9 Å². The van der Waals surface area contributed by atoms with Crippen LogP contribution in [0.2, 0.25) is 0 Å². The van der Waals surface area contributed by atoms with Gasteiger partial charge in [-0.3, -0.25) is 29.2 Å². The number of nitrogens with zero attached hydrogens (tertiary/aromatic N) is 7. The highest BCUT2D eigenvalue weighted by Crippen LogP contribution is 2.41. The van der Waals surface area contributed by atoms with Crippen molar-refractivity contribution in [1.82, 2.24) is 35.3 Å². The Bertz CT molecular complexity index is 2280. The predicted molar refractivity (Wildman–Crippen MR) is 222 cm³/mol. The molecule has 14 nitrogen and oxygen atoms in total. The SMILES string of the molecule is CC1(Oc2ccc3[nH]nc(-c4cc(N5CCC(CC6CCN(C(=O)C7CCN(c8ccc9c(c8)C(=O)N(C8CCCNC8=O)C9=O)CC7)CC6)CC5)ncn4)c3c2)CC1. The molecule has 2 N–H and O–H groups in total. The van der Waals surface area contributed by atoms with Gasteiger partial charge >= 0.3 is 0 Å². The minimum absolute atomic E-state index is 0.00142. The summed E-state index contributed by atoms with van der Waals surface area (Å²) in [6.45, 7) is 7.74. The molecule has 1 atom stereocenters. The van der Waals surface area contributed by atoms with Crippen LogP contribution in [0.25, 0.3) is 22.3 Å². The minimum atomic E-state index is -0.753. The Hall–Kier alpha value is -5.53. The number of nitrogens with one attached hydrogen (secondary N) is 2. The van der Waals surface area contributed by atoms with Crippen LogP contribution in [-0.2, 0) is 9.59 Å². The molecule has 1 unspecified atom stereocenters. The maximum atomic E-state index is 13.7. The lowest BCUT2D eigenvalue weighted by molar-refractivity contribution is -0.137. The molecular formula is C45H53N9O5. The van der Waals surface area contributed by atoms with E-state index in [1.165, 1.54) is 6.42 Å². The number of piperidine rings is 4. The first-order valence-electron chi connectivity index (χ1n) is 21.8. The van der Waals surface area contributed by atoms with Gasteiger partial charge in [0.05, 0.1) is 22.3 Å². The highest BCUT2D eigenvalue weighted by atomic mass is 16.5. The van der Waals surface area contributed by atoms with Crippen molar-refractivity contribution >= 4 is 46.0 Å². The Morgan fingerprint density at radius 3 is 2.29 bits per heavy atom. The van der Waals surface area contributed by atoms with Crippen LogP contribution in [0.4, 0.5) is 11.5 Å². The number of hydrogen-bond donors (Lipinski definition) is 2. The number of imide groups is 1. The van der Waals surface area contributed by atoms with Gasteiger partial charge in [0, 0.05) is 68.9 Å². The van der Waals surface area contributed by atoms with E-state index in [1.807, 2.05) is 18.2 Å². The van der Waals surface area contributed by atoms with E-state index in [0.717, 1.165) is 128 Å². The number of carbonyl (C=O) groups excluding carboxylic acids is 4. The van der Waals surface area contributed by atoms with Crippen molar-refractivity contribution in [3.63, 3.8) is 0 Å². The molecule has 5 fully saturated rings. The normalized spacial score (nSPS) is 22.9. The lowest BCUT2D eigenvalue weighted by atomic mass is 9.82. The summed E-state index contributed by atoms with van der Waals surface area (Å²) < 4.78 is 6.23. The van der Waals surface area contributed by atoms with E-state index in [0.29, 0.717) is 49.0 Å². The second-order valence-electron chi connectivity index (χ2n) is 17.9. The van der Waals surface area contributed by atoms with Crippen molar-refractivity contribution in [3.8, 4) is 17.1 Å². The fourth-order valence-electron chi connectivity index (χ4n) is 10.1. The van der Waals surface area contributed by atoms with Crippen LogP contribution in [0.1, 0.15) is 98.3 Å². The Balaban J connectivity index is 0.680. The Labute approximate surface area is 344 Å². The van der Waals surface area contributed by atoms with Gasteiger partial charge in [-0.05, 0) is 126 Å². The summed E-state index contributed by atoms with van der Waals surface area (Å²) in [5, 5.41) is 11.6. The van der Waals surface area contributed by atoms with Gasteiger partial charge in [0.1, 0.15) is 35.2 Å². The Morgan fingerprint density at radius 1 is 0.814 bits per heavy atom. The average Bonchev–Trinajstić information content (AvgIpc) is 3.75. The molecule has 6 aliphatic rings. The standard InChI is InChI=1S/C45H53N9O5/c1-45(14-15-45)59-32-5-7-36-35(25-32)40(50-49-36)37-26-39(48-27-47-37)52-17-8-28(9-18-52)23-29-10-19-53(20-11-29)42(56)30-12-21-51(22-13-30)31-4-6-33-34(24-31)44(58)54(43(33)57)38-3-2-16-46-41(38)55/h4-7,24-30,38H,2-3,8-23H2,1H3,(H,46,55)(H,49,50). The molecule has 1 aliphatic carbocycles. The van der Waals surface area contributed by atoms with Crippen LogP contribution in [0.3, 0.4) is 0 Å². The quantitative estimate of drug-likeness (QED) is 0.205. The minimum Gasteiger partial charge on any atom is -0.488 e. The van der Waals surface area contributed by atoms with E-state index in [-0.39, 0.29) is 23.3 Å². The molecule has 4 amide bonds. The van der Waals surface area contributed by atoms with E-state index in [4.69, 9.17) is 4.74 Å². The second-order valence-corrected chi connectivity index (χ2v) is 17.9. The fourth-order valence-corrected chi connectivity index (χ4v) is 10.1. The molecule has 7 heterocycles. The van der Waals surface area contributed by atoms with Gasteiger partial charge in [0.2, 0.25) is 11.8 Å². The molecule has 4 saturated heterocycles. The number of aromatic nitrogens is 4. The molecule has 59 heavy (non-hydrogen) atoms. The van der Waals surface area contributed by atoms with Gasteiger partial charge in [-0.15, -0.1) is 0 Å². The number of benzene rings is 2. The molecule has 2 aromatic heterocycles. The maximum absolute atomic E-state index is 13.7. The highest BCUT2D eigenvalue weighted by molar-refractivity contribution is 6.23. The molecule has 0 bridgehead atoms. The topological polar surface area (TPSA) is 157 Å². The molecule has 0 radical (unpaired) electrons. The van der Waals surface area contributed by atoms with Gasteiger partial charge < -0.3 is 24.8 Å². The molecule has 308 valence electrons. The lowest BCUT2D eigenvalue weighted by Gasteiger charge is -2.39. The zero-order valence-electron chi connectivity index (χ0n) is 33.8. The van der Waals surface area contributed by atoms with Crippen molar-refractivity contribution in [1.29, 1.82) is 0 Å². The number of likely N-dealkylation sites (tertiary alicyclic amines) is 1. The number of H-pyrrole nitrogens is 1. The summed E-state index contributed by atoms with van der Waals surface area (Å²) in [5.41, 5.74) is 4.13. The monoisotopic (exact) mass is 799 g/mol. The lowest BCUT2D eigenvalue weighted by Crippen LogP contribution is -2.52. The number of ether oxygens (including phenoxy) is 1. The zero-order chi connectivity index (χ0) is 40.3. The third-order valence-corrected chi connectivity index (χ3v) is 14.0. The van der Waals surface area contributed by atoms with E-state index in [9.17, 15) is 19.2 Å². The number of rotatable bonds is 9. The van der Waals surface area contributed by atoms with Crippen molar-refractivity contribution in [3.05, 3.63) is 59.9 Å². The fraction of sp³-hybridized carbons (Fsp3) is 0.533. The second kappa shape index (κ2) is 15.3. The molecule has 14 heteroatoms. The largest absolute Gasteiger partial charge is 0.488 e. The van der Waals surface area contributed by atoms with Crippen LogP contribution >= 0.6 is 0 Å². The van der Waals surface area contributed by atoms with E-state index in [2.05, 4.69) is 59.2 Å². The average molecular weight is 800 g/mol. The van der Waals surface area contributed by atoms with Crippen LogP contribution in [0.5, 0.6) is 5.75 Å². The van der Waals surface area contributed by atoms with Gasteiger partial charge in [0.25, 0.3) is 11.8 Å². The van der Waals surface area contributed by atoms with Gasteiger partial charge in [-0.25, -0.2) is 9.97 Å². The maximum Gasteiger partial charge on any atom is 0.262 e. The summed E-state index contributed by atoms with van der Waals surface area (Å²) in [5.74, 6) is 2.35. The summed E-state index contributed by atoms with van der Waals surface area (Å²) in [6, 6.07) is 12.8. The van der Waals surface area contributed by atoms with Crippen LogP contribution < -0.4 is 19.9 Å². The van der Waals surface area contributed by atoms with E-state index < -0.39 is 17.9 Å². The first kappa shape index (κ1) is 37.7. The molecular weight excluding hydrogens is 747 g/mol. The number of carbonyl (C=O) groups is 4. The van der Waals surface area contributed by atoms with Crippen molar-refractivity contribution in [2.45, 2.75) is 89.2 Å². The van der Waals surface area contributed by atoms with Crippen molar-refractivity contribution in [2.24, 2.45) is 17.8 Å². The van der Waals surface area contributed by atoms with Gasteiger partial charge in [-0.2, -0.15) is 5.10 Å². The number of hydrogen-bond acceptors (Lipinski definition) is 10. The zero-order valence-corrected chi connectivity index (χ0v) is 33.8. The molecule has 1 saturated carbocycles.